The maximum absolute atomic E-state index is 13.4. The lowest BCUT2D eigenvalue weighted by molar-refractivity contribution is -0.145. The van der Waals surface area contributed by atoms with E-state index >= 15 is 0 Å². The number of esters is 1. The molecule has 10 nitrogen and oxygen atoms in total. The van der Waals surface area contributed by atoms with Crippen molar-refractivity contribution in [1.29, 1.82) is 0 Å². The second-order valence-corrected chi connectivity index (χ2v) is 8.70. The van der Waals surface area contributed by atoms with Gasteiger partial charge in [-0.1, -0.05) is 12.1 Å². The smallest absolute Gasteiger partial charge is 0.328 e. The van der Waals surface area contributed by atoms with Gasteiger partial charge in [0.05, 0.1) is 21.3 Å². The standard InChI is InChI=1S/C27H35N3O7/c1-28-24-17-9-11-23(36-4)19(15-17)18-13-16(8-10-22(18)35-3)14-21(27(33)37-5)30-25(31)20(29-26(24)32)7-6-12-34-2/h8-11,13,15,20-21,24,28H,6-7,12,14H2,1-5H3,(H,29,32)(H,30,31). The van der Waals surface area contributed by atoms with E-state index in [2.05, 4.69) is 16.0 Å². The van der Waals surface area contributed by atoms with Crippen LogP contribution >= 0.6 is 0 Å². The van der Waals surface area contributed by atoms with E-state index < -0.39 is 30.0 Å². The Morgan fingerprint density at radius 2 is 1.62 bits per heavy atom. The molecule has 2 aromatic rings. The van der Waals surface area contributed by atoms with Gasteiger partial charge in [-0.25, -0.2) is 4.79 Å². The molecule has 37 heavy (non-hydrogen) atoms. The molecular formula is C27H35N3O7. The van der Waals surface area contributed by atoms with Crippen molar-refractivity contribution in [2.24, 2.45) is 0 Å². The van der Waals surface area contributed by atoms with Crippen molar-refractivity contribution in [2.45, 2.75) is 37.4 Å². The summed E-state index contributed by atoms with van der Waals surface area (Å²) in [5.41, 5.74) is 2.91. The number of hydrogen-bond donors (Lipinski definition) is 3. The molecule has 3 N–H and O–H groups in total. The summed E-state index contributed by atoms with van der Waals surface area (Å²) >= 11 is 0. The van der Waals surface area contributed by atoms with E-state index in [1.54, 1.807) is 46.6 Å². The highest BCUT2D eigenvalue weighted by atomic mass is 16.5. The molecule has 0 aliphatic carbocycles. The van der Waals surface area contributed by atoms with Gasteiger partial charge in [-0.05, 0) is 55.3 Å². The third kappa shape index (κ3) is 6.58. The lowest BCUT2D eigenvalue weighted by Crippen LogP contribution is -2.54. The molecule has 4 bridgehead atoms. The summed E-state index contributed by atoms with van der Waals surface area (Å²) in [4.78, 5) is 39.4. The summed E-state index contributed by atoms with van der Waals surface area (Å²) in [6.07, 6.45) is 1.04. The normalized spacial score (nSPS) is 19.8. The molecule has 0 saturated heterocycles. The zero-order valence-electron chi connectivity index (χ0n) is 21.9. The maximum atomic E-state index is 13.4. The van der Waals surface area contributed by atoms with E-state index in [0.29, 0.717) is 36.5 Å². The predicted octanol–water partition coefficient (Wildman–Crippen LogP) is 1.76. The number of amides is 2. The average molecular weight is 514 g/mol. The van der Waals surface area contributed by atoms with Gasteiger partial charge in [0.2, 0.25) is 11.8 Å². The van der Waals surface area contributed by atoms with Gasteiger partial charge in [0, 0.05) is 31.3 Å². The van der Waals surface area contributed by atoms with Crippen molar-refractivity contribution < 1.29 is 33.3 Å². The fourth-order valence-electron chi connectivity index (χ4n) is 4.46. The number of likely N-dealkylation sites (N-methyl/N-ethyl adjacent to an activating group) is 1. The number of ether oxygens (including phenoxy) is 4. The molecule has 1 heterocycles. The molecule has 2 aromatic carbocycles. The minimum Gasteiger partial charge on any atom is -0.496 e. The van der Waals surface area contributed by atoms with Crippen LogP contribution in [0.15, 0.2) is 36.4 Å². The summed E-state index contributed by atoms with van der Waals surface area (Å²) in [7, 11) is 7.65. The number of fused-ring (bicyclic) bond motifs is 5. The molecule has 3 atom stereocenters. The zero-order chi connectivity index (χ0) is 26.9. The van der Waals surface area contributed by atoms with Crippen LogP contribution in [0.4, 0.5) is 0 Å². The van der Waals surface area contributed by atoms with Gasteiger partial charge in [-0.15, -0.1) is 0 Å². The summed E-state index contributed by atoms with van der Waals surface area (Å²) < 4.78 is 21.3. The second-order valence-electron chi connectivity index (χ2n) is 8.70. The Morgan fingerprint density at radius 3 is 2.24 bits per heavy atom. The van der Waals surface area contributed by atoms with Crippen molar-refractivity contribution >= 4 is 17.8 Å². The number of methoxy groups -OCH3 is 4. The molecule has 0 saturated carbocycles. The van der Waals surface area contributed by atoms with E-state index in [1.807, 2.05) is 18.2 Å². The van der Waals surface area contributed by atoms with E-state index in [0.717, 1.165) is 16.7 Å². The second kappa shape index (κ2) is 13.1. The lowest BCUT2D eigenvalue weighted by Gasteiger charge is -2.26. The van der Waals surface area contributed by atoms with Crippen LogP contribution in [0, 0.1) is 0 Å². The van der Waals surface area contributed by atoms with Crippen molar-refractivity contribution in [3.63, 3.8) is 0 Å². The van der Waals surface area contributed by atoms with Crippen LogP contribution in [0.1, 0.15) is 30.0 Å². The highest BCUT2D eigenvalue weighted by Gasteiger charge is 2.31. The first-order chi connectivity index (χ1) is 17.9. The maximum Gasteiger partial charge on any atom is 0.328 e. The summed E-state index contributed by atoms with van der Waals surface area (Å²) in [6.45, 7) is 0.423. The van der Waals surface area contributed by atoms with E-state index in [4.69, 9.17) is 18.9 Å². The van der Waals surface area contributed by atoms with Crippen LogP contribution in [-0.4, -0.2) is 72.0 Å². The number of benzene rings is 2. The number of hydrogen-bond acceptors (Lipinski definition) is 8. The fraction of sp³-hybridized carbons (Fsp3) is 0.444. The third-order valence-electron chi connectivity index (χ3n) is 6.38. The van der Waals surface area contributed by atoms with Crippen molar-refractivity contribution in [1.82, 2.24) is 16.0 Å². The summed E-state index contributed by atoms with van der Waals surface area (Å²) in [5.74, 6) is -0.266. The van der Waals surface area contributed by atoms with Gasteiger partial charge in [0.15, 0.2) is 0 Å². The quantitative estimate of drug-likeness (QED) is 0.360. The topological polar surface area (TPSA) is 124 Å². The number of carbonyl (C=O) groups is 3. The minimum atomic E-state index is -0.961. The molecule has 10 heteroatoms. The molecule has 0 spiro atoms. The zero-order valence-corrected chi connectivity index (χ0v) is 21.9. The summed E-state index contributed by atoms with van der Waals surface area (Å²) in [6, 6.07) is 8.39. The van der Waals surface area contributed by atoms with E-state index in [1.165, 1.54) is 7.11 Å². The molecule has 0 fully saturated rings. The van der Waals surface area contributed by atoms with Crippen LogP contribution in [0.5, 0.6) is 11.5 Å². The van der Waals surface area contributed by atoms with Gasteiger partial charge in [0.1, 0.15) is 29.6 Å². The fourth-order valence-corrected chi connectivity index (χ4v) is 4.46. The highest BCUT2D eigenvalue weighted by molar-refractivity contribution is 5.93. The van der Waals surface area contributed by atoms with Gasteiger partial charge < -0.3 is 34.9 Å². The Bertz CT molecular complexity index is 1120. The van der Waals surface area contributed by atoms with Gasteiger partial charge in [-0.2, -0.15) is 0 Å². The first-order valence-electron chi connectivity index (χ1n) is 12.1. The molecule has 0 radical (unpaired) electrons. The highest BCUT2D eigenvalue weighted by Crippen LogP contribution is 2.39. The predicted molar refractivity (Wildman–Crippen MR) is 137 cm³/mol. The van der Waals surface area contributed by atoms with Crippen molar-refractivity contribution in [3.05, 3.63) is 47.5 Å². The van der Waals surface area contributed by atoms with E-state index in [9.17, 15) is 14.4 Å². The molecule has 3 rings (SSSR count). The Labute approximate surface area is 217 Å². The largest absolute Gasteiger partial charge is 0.496 e. The van der Waals surface area contributed by atoms with Crippen LogP contribution in [0.25, 0.3) is 11.1 Å². The van der Waals surface area contributed by atoms with Gasteiger partial charge in [-0.3, -0.25) is 9.59 Å². The van der Waals surface area contributed by atoms with Gasteiger partial charge in [0.25, 0.3) is 0 Å². The SMILES string of the molecule is CNC1C(=O)NC(CCCOC)C(=O)NC(C(=O)OC)Cc2ccc(OC)c(c2)-c2cc1ccc2OC. The van der Waals surface area contributed by atoms with Crippen LogP contribution < -0.4 is 25.4 Å². The minimum absolute atomic E-state index is 0.176. The first kappa shape index (κ1) is 27.9. The Hall–Kier alpha value is -3.63. The Kier molecular flexibility index (Phi) is 9.87. The number of carbonyl (C=O) groups excluding carboxylic acids is 3. The molecule has 1 aliphatic rings. The number of rotatable bonds is 8. The van der Waals surface area contributed by atoms with Crippen molar-refractivity contribution in [3.8, 4) is 22.6 Å². The lowest BCUT2D eigenvalue weighted by atomic mass is 9.94. The molecule has 3 unspecified atom stereocenters. The Balaban J connectivity index is 2.18. The van der Waals surface area contributed by atoms with Crippen LogP contribution in [0.2, 0.25) is 0 Å². The average Bonchev–Trinajstić information content (AvgIpc) is 2.91. The molecular weight excluding hydrogens is 478 g/mol. The molecule has 2 amide bonds. The monoisotopic (exact) mass is 513 g/mol. The molecule has 200 valence electrons. The third-order valence-corrected chi connectivity index (χ3v) is 6.38. The van der Waals surface area contributed by atoms with Crippen LogP contribution in [0.3, 0.4) is 0 Å². The van der Waals surface area contributed by atoms with E-state index in [-0.39, 0.29) is 12.3 Å². The summed E-state index contributed by atoms with van der Waals surface area (Å²) in [5, 5.41) is 8.66. The van der Waals surface area contributed by atoms with Gasteiger partial charge >= 0.3 is 5.97 Å². The number of nitrogens with one attached hydrogen (secondary N) is 3. The molecule has 1 aliphatic heterocycles. The Morgan fingerprint density at radius 1 is 0.946 bits per heavy atom. The first-order valence-corrected chi connectivity index (χ1v) is 12.1. The van der Waals surface area contributed by atoms with Crippen LogP contribution in [-0.2, 0) is 30.3 Å². The van der Waals surface area contributed by atoms with Crippen molar-refractivity contribution in [2.75, 3.05) is 42.1 Å². The molecule has 0 aromatic heterocycles.